The monoisotopic (exact) mass is 328 g/mol. The number of anilines is 2. The van der Waals surface area contributed by atoms with E-state index in [0.717, 1.165) is 0 Å². The van der Waals surface area contributed by atoms with E-state index in [4.69, 9.17) is 11.5 Å². The standard InChI is InChI=1S/C15H20N8O/c1-7(2)22-5-9(11(16)20-15(22)24)13-19-12(17)10-14(21-13)23(6-18-10)8(3)4/h5-8H,1-4H3,(H2,16,20,24)(H2,17,19,21). The molecule has 9 heteroatoms. The Bertz CT molecular complexity index is 969. The Morgan fingerprint density at radius 3 is 2.25 bits per heavy atom. The second kappa shape index (κ2) is 5.59. The molecule has 0 amide bonds. The lowest BCUT2D eigenvalue weighted by molar-refractivity contribution is 0.565. The van der Waals surface area contributed by atoms with Crippen LogP contribution in [0.15, 0.2) is 17.3 Å². The zero-order chi connectivity index (χ0) is 17.6. The van der Waals surface area contributed by atoms with Crippen molar-refractivity contribution < 1.29 is 0 Å². The van der Waals surface area contributed by atoms with Gasteiger partial charge in [-0.15, -0.1) is 0 Å². The largest absolute Gasteiger partial charge is 0.383 e. The molecule has 0 atom stereocenters. The first-order valence-electron chi connectivity index (χ1n) is 7.68. The van der Waals surface area contributed by atoms with Crippen molar-refractivity contribution in [2.75, 3.05) is 11.5 Å². The number of imidazole rings is 1. The maximum Gasteiger partial charge on any atom is 0.349 e. The third-order valence-corrected chi connectivity index (χ3v) is 3.78. The predicted molar refractivity (Wildman–Crippen MR) is 92.4 cm³/mol. The van der Waals surface area contributed by atoms with E-state index in [0.29, 0.717) is 22.6 Å². The van der Waals surface area contributed by atoms with Crippen LogP contribution in [0.5, 0.6) is 0 Å². The van der Waals surface area contributed by atoms with Crippen molar-refractivity contribution >= 4 is 22.8 Å². The SMILES string of the molecule is CC(C)n1cc(-c2nc(N)c3ncn(C(C)C)c3n2)c(N)nc1=O. The van der Waals surface area contributed by atoms with Crippen molar-refractivity contribution in [3.05, 3.63) is 23.0 Å². The lowest BCUT2D eigenvalue weighted by Crippen LogP contribution is -2.25. The molecule has 9 nitrogen and oxygen atoms in total. The third-order valence-electron chi connectivity index (χ3n) is 3.78. The minimum atomic E-state index is -0.410. The summed E-state index contributed by atoms with van der Waals surface area (Å²) in [5.74, 6) is 0.657. The number of aromatic nitrogens is 6. The van der Waals surface area contributed by atoms with Crippen molar-refractivity contribution in [2.45, 2.75) is 39.8 Å². The molecule has 126 valence electrons. The van der Waals surface area contributed by atoms with Gasteiger partial charge in [0.05, 0.1) is 11.9 Å². The van der Waals surface area contributed by atoms with E-state index in [2.05, 4.69) is 19.9 Å². The summed E-state index contributed by atoms with van der Waals surface area (Å²) in [4.78, 5) is 28.9. The highest BCUT2D eigenvalue weighted by atomic mass is 16.1. The second-order valence-electron chi connectivity index (χ2n) is 6.17. The van der Waals surface area contributed by atoms with Crippen molar-refractivity contribution in [3.63, 3.8) is 0 Å². The van der Waals surface area contributed by atoms with E-state index in [9.17, 15) is 4.79 Å². The number of nitrogens with two attached hydrogens (primary N) is 2. The number of nitrogen functional groups attached to an aromatic ring is 2. The van der Waals surface area contributed by atoms with Gasteiger partial charge in [0.1, 0.15) is 11.3 Å². The Balaban J connectivity index is 2.28. The molecule has 3 aromatic heterocycles. The van der Waals surface area contributed by atoms with Gasteiger partial charge in [0.2, 0.25) is 0 Å². The van der Waals surface area contributed by atoms with Gasteiger partial charge in [-0.05, 0) is 27.7 Å². The van der Waals surface area contributed by atoms with Gasteiger partial charge < -0.3 is 16.0 Å². The Hall–Kier alpha value is -2.97. The minimum Gasteiger partial charge on any atom is -0.383 e. The lowest BCUT2D eigenvalue weighted by atomic mass is 10.2. The van der Waals surface area contributed by atoms with Crippen LogP contribution < -0.4 is 17.2 Å². The van der Waals surface area contributed by atoms with Gasteiger partial charge >= 0.3 is 5.69 Å². The topological polar surface area (TPSA) is 131 Å². The molecule has 4 N–H and O–H groups in total. The maximum absolute atomic E-state index is 11.9. The van der Waals surface area contributed by atoms with Gasteiger partial charge in [-0.25, -0.2) is 19.7 Å². The summed E-state index contributed by atoms with van der Waals surface area (Å²) in [6.45, 7) is 7.81. The number of nitrogens with zero attached hydrogens (tertiary/aromatic N) is 6. The number of hydrogen-bond acceptors (Lipinski definition) is 7. The van der Waals surface area contributed by atoms with Crippen molar-refractivity contribution in [3.8, 4) is 11.4 Å². The predicted octanol–water partition coefficient (Wildman–Crippen LogP) is 1.38. The summed E-state index contributed by atoms with van der Waals surface area (Å²) < 4.78 is 3.38. The maximum atomic E-state index is 11.9. The summed E-state index contributed by atoms with van der Waals surface area (Å²) in [5, 5.41) is 0. The Morgan fingerprint density at radius 1 is 0.958 bits per heavy atom. The van der Waals surface area contributed by atoms with Crippen LogP contribution in [0.2, 0.25) is 0 Å². The number of rotatable bonds is 3. The van der Waals surface area contributed by atoms with Crippen LogP contribution in [0.25, 0.3) is 22.6 Å². The first-order chi connectivity index (χ1) is 11.3. The van der Waals surface area contributed by atoms with Crippen LogP contribution in [0.1, 0.15) is 39.8 Å². The zero-order valence-corrected chi connectivity index (χ0v) is 14.1. The molecule has 3 aromatic rings. The summed E-state index contributed by atoms with van der Waals surface area (Å²) in [6.07, 6.45) is 3.30. The van der Waals surface area contributed by atoms with Crippen molar-refractivity contribution in [1.29, 1.82) is 0 Å². The molecule has 3 rings (SSSR count). The molecule has 0 saturated heterocycles. The van der Waals surface area contributed by atoms with Crippen LogP contribution in [0.4, 0.5) is 11.6 Å². The molecular weight excluding hydrogens is 308 g/mol. The summed E-state index contributed by atoms with van der Waals surface area (Å²) in [5.41, 5.74) is 13.2. The van der Waals surface area contributed by atoms with Gasteiger partial charge in [-0.1, -0.05) is 0 Å². The van der Waals surface area contributed by atoms with E-state index in [1.54, 1.807) is 12.5 Å². The zero-order valence-electron chi connectivity index (χ0n) is 14.1. The molecule has 0 aromatic carbocycles. The molecule has 0 saturated carbocycles. The van der Waals surface area contributed by atoms with Crippen LogP contribution in [0, 0.1) is 0 Å². The summed E-state index contributed by atoms with van der Waals surface area (Å²) in [6, 6.07) is 0.101. The smallest absolute Gasteiger partial charge is 0.349 e. The molecular formula is C15H20N8O. The molecule has 0 fully saturated rings. The van der Waals surface area contributed by atoms with Crippen molar-refractivity contribution in [1.82, 2.24) is 29.1 Å². The third kappa shape index (κ3) is 2.47. The molecule has 0 unspecified atom stereocenters. The summed E-state index contributed by atoms with van der Waals surface area (Å²) in [7, 11) is 0. The van der Waals surface area contributed by atoms with E-state index in [-0.39, 0.29) is 23.7 Å². The fourth-order valence-corrected chi connectivity index (χ4v) is 2.46. The Labute approximate surface area is 138 Å². The number of hydrogen-bond donors (Lipinski definition) is 2. The van der Waals surface area contributed by atoms with Crippen LogP contribution >= 0.6 is 0 Å². The average Bonchev–Trinajstić information content (AvgIpc) is 2.91. The van der Waals surface area contributed by atoms with Gasteiger partial charge in [0.25, 0.3) is 0 Å². The number of fused-ring (bicyclic) bond motifs is 1. The van der Waals surface area contributed by atoms with Gasteiger partial charge in [0.15, 0.2) is 17.3 Å². The second-order valence-corrected chi connectivity index (χ2v) is 6.17. The Kier molecular flexibility index (Phi) is 3.70. The molecule has 0 aliphatic carbocycles. The summed E-state index contributed by atoms with van der Waals surface area (Å²) >= 11 is 0. The van der Waals surface area contributed by atoms with E-state index in [1.165, 1.54) is 4.57 Å². The van der Waals surface area contributed by atoms with Gasteiger partial charge in [-0.3, -0.25) is 4.57 Å². The van der Waals surface area contributed by atoms with E-state index in [1.807, 2.05) is 32.3 Å². The first-order valence-corrected chi connectivity index (χ1v) is 7.68. The highest BCUT2D eigenvalue weighted by molar-refractivity contribution is 5.84. The fraction of sp³-hybridized carbons (Fsp3) is 0.400. The average molecular weight is 328 g/mol. The molecule has 0 radical (unpaired) electrons. The molecule has 0 spiro atoms. The fourth-order valence-electron chi connectivity index (χ4n) is 2.46. The Morgan fingerprint density at radius 2 is 1.62 bits per heavy atom. The normalized spacial score (nSPS) is 11.8. The molecule has 0 bridgehead atoms. The van der Waals surface area contributed by atoms with Crippen molar-refractivity contribution in [2.24, 2.45) is 0 Å². The molecule has 3 heterocycles. The van der Waals surface area contributed by atoms with E-state index < -0.39 is 5.69 Å². The highest BCUT2D eigenvalue weighted by Gasteiger charge is 2.17. The van der Waals surface area contributed by atoms with Gasteiger partial charge in [-0.2, -0.15) is 4.98 Å². The quantitative estimate of drug-likeness (QED) is 0.742. The van der Waals surface area contributed by atoms with Crippen LogP contribution in [0.3, 0.4) is 0 Å². The van der Waals surface area contributed by atoms with Crippen LogP contribution in [-0.2, 0) is 0 Å². The lowest BCUT2D eigenvalue weighted by Gasteiger charge is -2.13. The molecule has 24 heavy (non-hydrogen) atoms. The molecule has 0 aliphatic heterocycles. The first kappa shape index (κ1) is 15.9. The van der Waals surface area contributed by atoms with Gasteiger partial charge in [0, 0.05) is 18.3 Å². The van der Waals surface area contributed by atoms with Crippen LogP contribution in [-0.4, -0.2) is 29.1 Å². The molecule has 0 aliphatic rings. The minimum absolute atomic E-state index is 0.0633. The van der Waals surface area contributed by atoms with E-state index >= 15 is 0 Å². The highest BCUT2D eigenvalue weighted by Crippen LogP contribution is 2.26.